The highest BCUT2D eigenvalue weighted by atomic mass is 16.6. The number of nitrogens with zero attached hydrogens (tertiary/aromatic N) is 3. The van der Waals surface area contributed by atoms with E-state index in [1.165, 1.54) is 13.4 Å². The van der Waals surface area contributed by atoms with Gasteiger partial charge in [0.15, 0.2) is 0 Å². The molecule has 0 atom stereocenters. The Bertz CT molecular complexity index is 356. The minimum atomic E-state index is -0.559. The molecule has 0 saturated carbocycles. The van der Waals surface area contributed by atoms with Crippen LogP contribution in [0.5, 0.6) is 5.88 Å². The number of anilines is 1. The van der Waals surface area contributed by atoms with E-state index in [2.05, 4.69) is 15.3 Å². The fraction of sp³-hybridized carbons (Fsp3) is 0.500. The van der Waals surface area contributed by atoms with Crippen LogP contribution in [0.1, 0.15) is 13.3 Å². The molecule has 0 aliphatic carbocycles. The zero-order valence-electron chi connectivity index (χ0n) is 8.56. The minimum absolute atomic E-state index is 0.0337. The summed E-state index contributed by atoms with van der Waals surface area (Å²) in [6.07, 6.45) is 2.08. The molecular formula is C8H12N4O3. The predicted octanol–water partition coefficient (Wildman–Crippen LogP) is 1.22. The van der Waals surface area contributed by atoms with E-state index in [0.29, 0.717) is 6.54 Å². The fourth-order valence-corrected chi connectivity index (χ4v) is 1.05. The van der Waals surface area contributed by atoms with Crippen molar-refractivity contribution < 1.29 is 9.66 Å². The van der Waals surface area contributed by atoms with E-state index in [-0.39, 0.29) is 17.4 Å². The second-order valence-corrected chi connectivity index (χ2v) is 2.76. The molecule has 7 heteroatoms. The molecule has 0 spiro atoms. The zero-order chi connectivity index (χ0) is 11.3. The Morgan fingerprint density at radius 2 is 2.33 bits per heavy atom. The number of methoxy groups -OCH3 is 1. The molecule has 0 fully saturated rings. The topological polar surface area (TPSA) is 90.2 Å². The molecular weight excluding hydrogens is 200 g/mol. The minimum Gasteiger partial charge on any atom is -0.476 e. The average molecular weight is 212 g/mol. The van der Waals surface area contributed by atoms with Crippen LogP contribution in [0.4, 0.5) is 11.5 Å². The van der Waals surface area contributed by atoms with Crippen LogP contribution in [-0.2, 0) is 0 Å². The van der Waals surface area contributed by atoms with E-state index in [1.807, 2.05) is 6.92 Å². The number of rotatable bonds is 5. The molecule has 0 aromatic carbocycles. The van der Waals surface area contributed by atoms with Crippen LogP contribution >= 0.6 is 0 Å². The highest BCUT2D eigenvalue weighted by Crippen LogP contribution is 2.29. The fourth-order valence-electron chi connectivity index (χ4n) is 1.05. The van der Waals surface area contributed by atoms with Crippen LogP contribution in [0.15, 0.2) is 6.33 Å². The van der Waals surface area contributed by atoms with Gasteiger partial charge in [-0.2, -0.15) is 4.98 Å². The van der Waals surface area contributed by atoms with E-state index < -0.39 is 4.92 Å². The van der Waals surface area contributed by atoms with Gasteiger partial charge in [0, 0.05) is 6.54 Å². The maximum Gasteiger partial charge on any atom is 0.372 e. The highest BCUT2D eigenvalue weighted by molar-refractivity contribution is 5.60. The van der Waals surface area contributed by atoms with Gasteiger partial charge in [-0.1, -0.05) is 6.92 Å². The van der Waals surface area contributed by atoms with Crippen molar-refractivity contribution in [1.82, 2.24) is 9.97 Å². The average Bonchev–Trinajstić information content (AvgIpc) is 2.25. The summed E-state index contributed by atoms with van der Waals surface area (Å²) in [6.45, 7) is 2.57. The molecule has 1 N–H and O–H groups in total. The van der Waals surface area contributed by atoms with Crippen LogP contribution < -0.4 is 10.1 Å². The summed E-state index contributed by atoms with van der Waals surface area (Å²) in [4.78, 5) is 17.7. The molecule has 15 heavy (non-hydrogen) atoms. The predicted molar refractivity (Wildman–Crippen MR) is 54.0 cm³/mol. The zero-order valence-corrected chi connectivity index (χ0v) is 8.56. The van der Waals surface area contributed by atoms with Crippen LogP contribution in [0, 0.1) is 10.1 Å². The van der Waals surface area contributed by atoms with Crippen LogP contribution in [0.2, 0.25) is 0 Å². The van der Waals surface area contributed by atoms with E-state index in [4.69, 9.17) is 4.74 Å². The number of nitro groups is 1. The summed E-state index contributed by atoms with van der Waals surface area (Å²) in [7, 11) is 1.33. The van der Waals surface area contributed by atoms with Gasteiger partial charge in [-0.05, 0) is 6.42 Å². The monoisotopic (exact) mass is 212 g/mol. The molecule has 0 aliphatic heterocycles. The molecule has 0 radical (unpaired) electrons. The lowest BCUT2D eigenvalue weighted by atomic mass is 10.4. The van der Waals surface area contributed by atoms with E-state index in [0.717, 1.165) is 6.42 Å². The number of hydrogen-bond donors (Lipinski definition) is 1. The van der Waals surface area contributed by atoms with Crippen LogP contribution in [0.25, 0.3) is 0 Å². The molecule has 0 unspecified atom stereocenters. The number of aromatic nitrogens is 2. The smallest absolute Gasteiger partial charge is 0.372 e. The number of ether oxygens (including phenoxy) is 1. The molecule has 0 saturated heterocycles. The van der Waals surface area contributed by atoms with Crippen molar-refractivity contribution in [3.05, 3.63) is 16.4 Å². The Hall–Kier alpha value is -1.92. The largest absolute Gasteiger partial charge is 0.476 e. The summed E-state index contributed by atoms with van der Waals surface area (Å²) in [6, 6.07) is 0. The van der Waals surface area contributed by atoms with Gasteiger partial charge in [0.05, 0.1) is 12.0 Å². The van der Waals surface area contributed by atoms with Crippen molar-refractivity contribution in [2.24, 2.45) is 0 Å². The standard InChI is InChI=1S/C8H12N4O3/c1-3-4-9-7-6(12(13)14)8(15-2)11-5-10-7/h5H,3-4H2,1-2H3,(H,9,10,11). The quantitative estimate of drug-likeness (QED) is 0.582. The summed E-state index contributed by atoms with van der Waals surface area (Å²) >= 11 is 0. The Morgan fingerprint density at radius 3 is 2.87 bits per heavy atom. The molecule has 1 aromatic heterocycles. The first-order valence-electron chi connectivity index (χ1n) is 4.48. The summed E-state index contributed by atoms with van der Waals surface area (Å²) < 4.78 is 4.79. The number of nitrogens with one attached hydrogen (secondary N) is 1. The normalized spacial score (nSPS) is 9.73. The first kappa shape index (κ1) is 11.2. The Labute approximate surface area is 86.6 Å². The van der Waals surface area contributed by atoms with Gasteiger partial charge in [-0.15, -0.1) is 0 Å². The van der Waals surface area contributed by atoms with Crippen LogP contribution in [0.3, 0.4) is 0 Å². The van der Waals surface area contributed by atoms with Crippen molar-refractivity contribution in [2.45, 2.75) is 13.3 Å². The van der Waals surface area contributed by atoms with E-state index in [9.17, 15) is 10.1 Å². The Morgan fingerprint density at radius 1 is 1.60 bits per heavy atom. The van der Waals surface area contributed by atoms with Crippen molar-refractivity contribution in [3.63, 3.8) is 0 Å². The summed E-state index contributed by atoms with van der Waals surface area (Å²) in [5.74, 6) is 0.155. The van der Waals surface area contributed by atoms with Crippen molar-refractivity contribution in [1.29, 1.82) is 0 Å². The lowest BCUT2D eigenvalue weighted by Crippen LogP contribution is -2.07. The highest BCUT2D eigenvalue weighted by Gasteiger charge is 2.23. The van der Waals surface area contributed by atoms with Gasteiger partial charge in [-0.25, -0.2) is 4.98 Å². The van der Waals surface area contributed by atoms with Crippen molar-refractivity contribution in [3.8, 4) is 5.88 Å². The first-order chi connectivity index (χ1) is 7.20. The van der Waals surface area contributed by atoms with Gasteiger partial charge in [0.1, 0.15) is 6.33 Å². The van der Waals surface area contributed by atoms with E-state index in [1.54, 1.807) is 0 Å². The SMILES string of the molecule is CCCNc1ncnc(OC)c1[N+](=O)[O-]. The van der Waals surface area contributed by atoms with Crippen LogP contribution in [-0.4, -0.2) is 28.5 Å². The van der Waals surface area contributed by atoms with Gasteiger partial charge >= 0.3 is 5.69 Å². The van der Waals surface area contributed by atoms with Crippen molar-refractivity contribution in [2.75, 3.05) is 19.0 Å². The molecule has 1 aromatic rings. The van der Waals surface area contributed by atoms with Gasteiger partial charge in [-0.3, -0.25) is 10.1 Å². The van der Waals surface area contributed by atoms with E-state index >= 15 is 0 Å². The second kappa shape index (κ2) is 5.08. The van der Waals surface area contributed by atoms with Crippen molar-refractivity contribution >= 4 is 11.5 Å². The van der Waals surface area contributed by atoms with Gasteiger partial charge < -0.3 is 10.1 Å². The molecule has 1 heterocycles. The molecule has 7 nitrogen and oxygen atoms in total. The molecule has 0 amide bonds. The molecule has 0 bridgehead atoms. The third kappa shape index (κ3) is 2.52. The third-order valence-corrected chi connectivity index (χ3v) is 1.71. The van der Waals surface area contributed by atoms with Gasteiger partial charge in [0.2, 0.25) is 5.82 Å². The summed E-state index contributed by atoms with van der Waals surface area (Å²) in [5, 5.41) is 13.6. The molecule has 82 valence electrons. The Kier molecular flexibility index (Phi) is 3.78. The van der Waals surface area contributed by atoms with Gasteiger partial charge in [0.25, 0.3) is 5.88 Å². The second-order valence-electron chi connectivity index (χ2n) is 2.76. The summed E-state index contributed by atoms with van der Waals surface area (Å²) in [5.41, 5.74) is -0.228. The Balaban J connectivity index is 3.07. The molecule has 0 aliphatic rings. The molecule has 1 rings (SSSR count). The maximum absolute atomic E-state index is 10.8. The maximum atomic E-state index is 10.8. The number of hydrogen-bond acceptors (Lipinski definition) is 6. The first-order valence-corrected chi connectivity index (χ1v) is 4.48. The lowest BCUT2D eigenvalue weighted by Gasteiger charge is -2.05. The third-order valence-electron chi connectivity index (χ3n) is 1.71. The lowest BCUT2D eigenvalue weighted by molar-refractivity contribution is -0.385.